The maximum atomic E-state index is 12.4. The van der Waals surface area contributed by atoms with Crippen LogP contribution in [0.4, 0.5) is 5.69 Å². The molecular weight excluding hydrogens is 322 g/mol. The zero-order valence-electron chi connectivity index (χ0n) is 13.7. The molecule has 7 heteroatoms. The van der Waals surface area contributed by atoms with Crippen molar-refractivity contribution in [2.45, 2.75) is 19.4 Å². The average Bonchev–Trinajstić information content (AvgIpc) is 3.29. The number of hydrogen-bond acceptors (Lipinski definition) is 4. The fraction of sp³-hybridized carbons (Fsp3) is 0.278. The monoisotopic (exact) mass is 341 g/mol. The van der Waals surface area contributed by atoms with Crippen molar-refractivity contribution in [1.29, 1.82) is 0 Å². The van der Waals surface area contributed by atoms with E-state index in [0.717, 1.165) is 6.42 Å². The minimum atomic E-state index is -0.386. The van der Waals surface area contributed by atoms with Crippen molar-refractivity contribution in [3.8, 4) is 0 Å². The van der Waals surface area contributed by atoms with Gasteiger partial charge in [-0.3, -0.25) is 14.4 Å². The first kappa shape index (κ1) is 16.8. The largest absolute Gasteiger partial charge is 0.467 e. The normalized spacial score (nSPS) is 13.8. The molecule has 3 amide bonds. The van der Waals surface area contributed by atoms with E-state index in [-0.39, 0.29) is 30.8 Å². The predicted octanol–water partition coefficient (Wildman–Crippen LogP) is 1.45. The number of anilines is 1. The molecule has 3 rings (SSSR count). The molecular formula is C18H19N3O4. The van der Waals surface area contributed by atoms with Crippen molar-refractivity contribution in [2.75, 3.05) is 18.0 Å². The Morgan fingerprint density at radius 3 is 2.68 bits per heavy atom. The summed E-state index contributed by atoms with van der Waals surface area (Å²) in [5.41, 5.74) is 0.968. The lowest BCUT2D eigenvalue weighted by molar-refractivity contribution is -0.120. The highest BCUT2D eigenvalue weighted by atomic mass is 16.3. The fourth-order valence-corrected chi connectivity index (χ4v) is 2.72. The van der Waals surface area contributed by atoms with Crippen LogP contribution in [0.3, 0.4) is 0 Å². The van der Waals surface area contributed by atoms with Crippen LogP contribution >= 0.6 is 0 Å². The molecule has 1 aromatic heterocycles. The molecule has 0 radical (unpaired) electrons. The Morgan fingerprint density at radius 1 is 1.12 bits per heavy atom. The van der Waals surface area contributed by atoms with Crippen LogP contribution < -0.4 is 15.5 Å². The van der Waals surface area contributed by atoms with E-state index in [2.05, 4.69) is 10.6 Å². The fourth-order valence-electron chi connectivity index (χ4n) is 2.72. The first-order valence-electron chi connectivity index (χ1n) is 8.12. The predicted molar refractivity (Wildman–Crippen MR) is 90.9 cm³/mol. The van der Waals surface area contributed by atoms with E-state index in [0.29, 0.717) is 30.0 Å². The van der Waals surface area contributed by atoms with E-state index in [1.807, 2.05) is 0 Å². The lowest BCUT2D eigenvalue weighted by Gasteiger charge is -2.19. The van der Waals surface area contributed by atoms with E-state index in [1.165, 1.54) is 6.26 Å². The maximum Gasteiger partial charge on any atom is 0.253 e. The van der Waals surface area contributed by atoms with Gasteiger partial charge in [0.25, 0.3) is 5.91 Å². The molecule has 1 aliphatic rings. The highest BCUT2D eigenvalue weighted by Gasteiger charge is 2.25. The van der Waals surface area contributed by atoms with Gasteiger partial charge in [0.2, 0.25) is 11.8 Å². The Balaban J connectivity index is 1.58. The lowest BCUT2D eigenvalue weighted by Crippen LogP contribution is -2.37. The summed E-state index contributed by atoms with van der Waals surface area (Å²) < 4.78 is 5.12. The molecule has 2 N–H and O–H groups in total. The molecule has 0 bridgehead atoms. The second kappa shape index (κ2) is 7.65. The standard InChI is InChI=1S/C18H19N3O4/c22-16(19-11-13-5-4-10-25-13)12-20-18(24)14-6-1-2-7-15(14)21-9-3-8-17(21)23/h1-2,4-7,10H,3,8-9,11-12H2,(H,19,22)(H,20,24). The minimum Gasteiger partial charge on any atom is -0.467 e. The van der Waals surface area contributed by atoms with Crippen LogP contribution in [0.1, 0.15) is 29.0 Å². The van der Waals surface area contributed by atoms with Crippen LogP contribution in [0.25, 0.3) is 0 Å². The Kier molecular flexibility index (Phi) is 5.13. The Morgan fingerprint density at radius 2 is 1.96 bits per heavy atom. The summed E-state index contributed by atoms with van der Waals surface area (Å²) in [6.45, 7) is 0.717. The molecule has 2 aromatic rings. The van der Waals surface area contributed by atoms with Gasteiger partial charge in [0.15, 0.2) is 0 Å². The summed E-state index contributed by atoms with van der Waals surface area (Å²) >= 11 is 0. The van der Waals surface area contributed by atoms with E-state index >= 15 is 0 Å². The Labute approximate surface area is 145 Å². The van der Waals surface area contributed by atoms with Gasteiger partial charge in [-0.2, -0.15) is 0 Å². The third kappa shape index (κ3) is 4.06. The third-order valence-electron chi connectivity index (χ3n) is 3.96. The van der Waals surface area contributed by atoms with E-state index < -0.39 is 0 Å². The first-order chi connectivity index (χ1) is 12.1. The van der Waals surface area contributed by atoms with Gasteiger partial charge in [-0.15, -0.1) is 0 Å². The van der Waals surface area contributed by atoms with Crippen molar-refractivity contribution >= 4 is 23.4 Å². The number of carbonyl (C=O) groups excluding carboxylic acids is 3. The summed E-state index contributed by atoms with van der Waals surface area (Å²) in [5.74, 6) is -0.0584. The second-order valence-corrected chi connectivity index (χ2v) is 5.70. The SMILES string of the molecule is O=C(CNC(=O)c1ccccc1N1CCCC1=O)NCc1ccco1. The molecule has 0 atom stereocenters. The smallest absolute Gasteiger partial charge is 0.253 e. The molecule has 2 heterocycles. The number of benzene rings is 1. The van der Waals surface area contributed by atoms with Crippen LogP contribution in [-0.4, -0.2) is 30.8 Å². The van der Waals surface area contributed by atoms with Crippen molar-refractivity contribution < 1.29 is 18.8 Å². The molecule has 1 saturated heterocycles. The summed E-state index contributed by atoms with van der Waals surface area (Å²) in [4.78, 5) is 37.8. The summed E-state index contributed by atoms with van der Waals surface area (Å²) in [6.07, 6.45) is 2.80. The number of hydrogen-bond donors (Lipinski definition) is 2. The highest BCUT2D eigenvalue weighted by molar-refractivity contribution is 6.06. The molecule has 1 aliphatic heterocycles. The third-order valence-corrected chi connectivity index (χ3v) is 3.96. The first-order valence-corrected chi connectivity index (χ1v) is 8.12. The Hall–Kier alpha value is -3.09. The quantitative estimate of drug-likeness (QED) is 0.832. The van der Waals surface area contributed by atoms with Crippen molar-refractivity contribution in [1.82, 2.24) is 10.6 Å². The highest BCUT2D eigenvalue weighted by Crippen LogP contribution is 2.25. The molecule has 0 unspecified atom stereocenters. The molecule has 1 aromatic carbocycles. The zero-order chi connectivity index (χ0) is 17.6. The number of nitrogens with zero attached hydrogens (tertiary/aromatic N) is 1. The van der Waals surface area contributed by atoms with E-state index in [1.54, 1.807) is 41.3 Å². The lowest BCUT2D eigenvalue weighted by atomic mass is 10.1. The number of furan rings is 1. The van der Waals surface area contributed by atoms with Crippen molar-refractivity contribution in [3.05, 3.63) is 54.0 Å². The zero-order valence-corrected chi connectivity index (χ0v) is 13.7. The van der Waals surface area contributed by atoms with Crippen molar-refractivity contribution in [2.24, 2.45) is 0 Å². The minimum absolute atomic E-state index is 0.0106. The number of nitrogens with one attached hydrogen (secondary N) is 2. The Bertz CT molecular complexity index is 770. The van der Waals surface area contributed by atoms with Gasteiger partial charge in [0.1, 0.15) is 5.76 Å². The van der Waals surface area contributed by atoms with Crippen LogP contribution in [0.2, 0.25) is 0 Å². The van der Waals surface area contributed by atoms with Crippen molar-refractivity contribution in [3.63, 3.8) is 0 Å². The van der Waals surface area contributed by atoms with E-state index in [4.69, 9.17) is 4.42 Å². The van der Waals surface area contributed by atoms with Gasteiger partial charge in [0.05, 0.1) is 30.6 Å². The topological polar surface area (TPSA) is 91.7 Å². The molecule has 1 fully saturated rings. The number of rotatable bonds is 6. The molecule has 130 valence electrons. The molecule has 0 saturated carbocycles. The molecule has 0 aliphatic carbocycles. The summed E-state index contributed by atoms with van der Waals surface area (Å²) in [7, 11) is 0. The maximum absolute atomic E-state index is 12.4. The van der Waals surface area contributed by atoms with Gasteiger partial charge in [-0.1, -0.05) is 12.1 Å². The molecule has 7 nitrogen and oxygen atoms in total. The van der Waals surface area contributed by atoms with Crippen LogP contribution in [0.5, 0.6) is 0 Å². The molecule has 25 heavy (non-hydrogen) atoms. The van der Waals surface area contributed by atoms with Gasteiger partial charge in [0, 0.05) is 13.0 Å². The number of carbonyl (C=O) groups is 3. The van der Waals surface area contributed by atoms with Gasteiger partial charge in [-0.25, -0.2) is 0 Å². The van der Waals surface area contributed by atoms with Gasteiger partial charge < -0.3 is 20.0 Å². The van der Waals surface area contributed by atoms with Gasteiger partial charge >= 0.3 is 0 Å². The summed E-state index contributed by atoms with van der Waals surface area (Å²) in [6, 6.07) is 10.4. The molecule has 0 spiro atoms. The summed E-state index contributed by atoms with van der Waals surface area (Å²) in [5, 5.41) is 5.24. The van der Waals surface area contributed by atoms with Crippen LogP contribution in [0, 0.1) is 0 Å². The van der Waals surface area contributed by atoms with E-state index in [9.17, 15) is 14.4 Å². The number of para-hydroxylation sites is 1. The van der Waals surface area contributed by atoms with Crippen LogP contribution in [-0.2, 0) is 16.1 Å². The van der Waals surface area contributed by atoms with Crippen LogP contribution in [0.15, 0.2) is 47.1 Å². The number of amides is 3. The average molecular weight is 341 g/mol. The second-order valence-electron chi connectivity index (χ2n) is 5.70. The van der Waals surface area contributed by atoms with Gasteiger partial charge in [-0.05, 0) is 30.7 Å².